The minimum Gasteiger partial charge on any atom is -0.472 e. The number of carbonyl (C=O) groups excluding carboxylic acids is 1. The molecule has 314 valence electrons. The summed E-state index contributed by atoms with van der Waals surface area (Å²) in [6, 6.07) is 21.8. The first-order valence-corrected chi connectivity index (χ1v) is 21.4. The van der Waals surface area contributed by atoms with E-state index in [4.69, 9.17) is 29.2 Å². The van der Waals surface area contributed by atoms with Crippen molar-refractivity contribution in [2.75, 3.05) is 62.3 Å². The molecule has 2 fully saturated rings. The average molecular weight is 802 g/mol. The van der Waals surface area contributed by atoms with Gasteiger partial charge in [0.05, 0.1) is 11.1 Å². The maximum atomic E-state index is 12.7. The fraction of sp³-hybridized carbons (Fsp3) is 0.500. The highest BCUT2D eigenvalue weighted by Crippen LogP contribution is 2.37. The molecule has 2 aromatic carbocycles. The number of nitrogens with zero attached hydrogens (tertiary/aromatic N) is 7. The number of pyridine rings is 2. The molecule has 3 aliphatic rings. The summed E-state index contributed by atoms with van der Waals surface area (Å²) < 4.78 is 17.9. The molecule has 0 N–H and O–H groups in total. The number of carbonyl (C=O) groups is 1. The van der Waals surface area contributed by atoms with Crippen LogP contribution in [0.2, 0.25) is 0 Å². The average Bonchev–Trinajstić information content (AvgIpc) is 3.51. The lowest BCUT2D eigenvalue weighted by Crippen LogP contribution is -2.50. The molecule has 0 bridgehead atoms. The Bertz CT molecular complexity index is 2120. The number of aromatic nitrogens is 2. The number of rotatable bonds is 11. The van der Waals surface area contributed by atoms with Gasteiger partial charge in [-0.1, -0.05) is 30.3 Å². The highest BCUT2D eigenvalue weighted by molar-refractivity contribution is 6.03. The highest BCUT2D eigenvalue weighted by atomic mass is 16.6. The lowest BCUT2D eigenvalue weighted by Gasteiger charge is -2.37. The number of amides is 1. The quantitative estimate of drug-likeness (QED) is 0.148. The third-order valence-corrected chi connectivity index (χ3v) is 11.5. The zero-order valence-corrected chi connectivity index (χ0v) is 36.7. The highest BCUT2D eigenvalue weighted by Gasteiger charge is 2.36. The Balaban J connectivity index is 1.20. The molecule has 0 atom stereocenters. The Morgan fingerprint density at radius 3 is 2.34 bits per heavy atom. The van der Waals surface area contributed by atoms with Gasteiger partial charge in [-0.25, -0.2) is 14.8 Å². The second-order valence-corrected chi connectivity index (χ2v) is 17.9. The minimum absolute atomic E-state index is 0.258. The topological polar surface area (TPSA) is 95.9 Å². The fourth-order valence-electron chi connectivity index (χ4n) is 8.59. The number of aliphatic imine (C=N–C) groups is 1. The fourth-order valence-corrected chi connectivity index (χ4v) is 8.59. The molecule has 1 amide bonds. The van der Waals surface area contributed by atoms with Crippen LogP contribution in [-0.4, -0.2) is 101 Å². The zero-order valence-electron chi connectivity index (χ0n) is 36.7. The van der Waals surface area contributed by atoms with Crippen molar-refractivity contribution in [3.8, 4) is 17.0 Å². The number of benzene rings is 2. The molecule has 11 nitrogen and oxygen atoms in total. The molecule has 0 unspecified atom stereocenters. The standard InChI is InChI=1S/C48H63N7O4/c1-10-55(40-18-24-57-25-19-40)41-28-38(37-16-17-42(49-29-37)52-20-22-53(23-21-52)46(56)59-47(5,6)7)27-39(35(41)4)30-54-32-48(8,9)51-44(54)43-33(2)26-34(3)50-45(43)58-31-36-14-12-11-13-15-36/h11-17,26-29,40H,10,18-25,30-32H2,1-9H3. The first-order chi connectivity index (χ1) is 28.2. The van der Waals surface area contributed by atoms with Crippen LogP contribution in [0.1, 0.15) is 87.9 Å². The second kappa shape index (κ2) is 17.6. The summed E-state index contributed by atoms with van der Waals surface area (Å²) in [5, 5.41) is 0. The summed E-state index contributed by atoms with van der Waals surface area (Å²) in [6.07, 6.45) is 3.76. The largest absolute Gasteiger partial charge is 0.472 e. The predicted octanol–water partition coefficient (Wildman–Crippen LogP) is 8.75. The monoisotopic (exact) mass is 801 g/mol. The van der Waals surface area contributed by atoms with Crippen molar-refractivity contribution in [3.63, 3.8) is 0 Å². The summed E-state index contributed by atoms with van der Waals surface area (Å²) in [7, 11) is 0. The zero-order chi connectivity index (χ0) is 41.9. The summed E-state index contributed by atoms with van der Waals surface area (Å²) in [5.74, 6) is 2.45. The van der Waals surface area contributed by atoms with Gasteiger partial charge < -0.3 is 33.8 Å². The van der Waals surface area contributed by atoms with Crippen molar-refractivity contribution >= 4 is 23.4 Å². The first kappa shape index (κ1) is 42.0. The molecule has 0 aliphatic carbocycles. The molecular formula is C48H63N7O4. The summed E-state index contributed by atoms with van der Waals surface area (Å²) in [4.78, 5) is 37.0. The van der Waals surface area contributed by atoms with Crippen molar-refractivity contribution in [2.45, 2.75) is 105 Å². The van der Waals surface area contributed by atoms with Gasteiger partial charge in [0, 0.05) is 88.2 Å². The van der Waals surface area contributed by atoms with Gasteiger partial charge in [-0.05, 0) is 133 Å². The normalized spacial score (nSPS) is 17.2. The van der Waals surface area contributed by atoms with Crippen molar-refractivity contribution in [1.29, 1.82) is 0 Å². The van der Waals surface area contributed by atoms with Crippen molar-refractivity contribution in [1.82, 2.24) is 19.8 Å². The van der Waals surface area contributed by atoms with Crippen LogP contribution in [0.3, 0.4) is 0 Å². The van der Waals surface area contributed by atoms with E-state index in [1.165, 1.54) is 16.8 Å². The van der Waals surface area contributed by atoms with Gasteiger partial charge in [0.25, 0.3) is 0 Å². The van der Waals surface area contributed by atoms with E-state index in [0.29, 0.717) is 51.3 Å². The number of anilines is 2. The van der Waals surface area contributed by atoms with E-state index in [1.54, 1.807) is 4.90 Å². The molecule has 11 heteroatoms. The van der Waals surface area contributed by atoms with Gasteiger partial charge in [-0.3, -0.25) is 4.99 Å². The minimum atomic E-state index is -0.514. The van der Waals surface area contributed by atoms with Crippen molar-refractivity contribution in [3.05, 3.63) is 100 Å². The Morgan fingerprint density at radius 1 is 0.949 bits per heavy atom. The van der Waals surface area contributed by atoms with Crippen molar-refractivity contribution in [2.24, 2.45) is 4.99 Å². The molecule has 0 radical (unpaired) electrons. The van der Waals surface area contributed by atoms with Crippen LogP contribution < -0.4 is 14.5 Å². The maximum Gasteiger partial charge on any atom is 0.410 e. The smallest absolute Gasteiger partial charge is 0.410 e. The lowest BCUT2D eigenvalue weighted by molar-refractivity contribution is 0.0240. The molecule has 59 heavy (non-hydrogen) atoms. The maximum absolute atomic E-state index is 12.7. The van der Waals surface area contributed by atoms with Crippen LogP contribution in [0.5, 0.6) is 5.88 Å². The predicted molar refractivity (Wildman–Crippen MR) is 237 cm³/mol. The van der Waals surface area contributed by atoms with E-state index >= 15 is 0 Å². The molecule has 3 aliphatic heterocycles. The molecule has 2 saturated heterocycles. The van der Waals surface area contributed by atoms with Crippen LogP contribution >= 0.6 is 0 Å². The summed E-state index contributed by atoms with van der Waals surface area (Å²) in [5.41, 5.74) is 9.24. The number of hydrogen-bond acceptors (Lipinski definition) is 10. The number of hydrogen-bond donors (Lipinski definition) is 0. The molecule has 0 saturated carbocycles. The molecule has 5 heterocycles. The Labute approximate surface area is 351 Å². The van der Waals surface area contributed by atoms with E-state index in [2.05, 4.69) is 91.8 Å². The Hall–Kier alpha value is -5.16. The van der Waals surface area contributed by atoms with Gasteiger partial charge in [0.1, 0.15) is 23.9 Å². The number of aryl methyl sites for hydroxylation is 2. The molecule has 7 rings (SSSR count). The summed E-state index contributed by atoms with van der Waals surface area (Å²) in [6.45, 7) is 25.8. The molecular weight excluding hydrogens is 739 g/mol. The van der Waals surface area contributed by atoms with Crippen LogP contribution in [0, 0.1) is 20.8 Å². The van der Waals surface area contributed by atoms with E-state index in [-0.39, 0.29) is 11.6 Å². The van der Waals surface area contributed by atoms with Crippen molar-refractivity contribution < 1.29 is 19.0 Å². The molecule has 4 aromatic rings. The van der Waals surface area contributed by atoms with Gasteiger partial charge in [0.2, 0.25) is 5.88 Å². The van der Waals surface area contributed by atoms with Crippen LogP contribution in [0.4, 0.5) is 16.3 Å². The van der Waals surface area contributed by atoms with E-state index < -0.39 is 5.60 Å². The van der Waals surface area contributed by atoms with Crippen LogP contribution in [0.25, 0.3) is 11.1 Å². The number of ether oxygens (including phenoxy) is 3. The van der Waals surface area contributed by atoms with Gasteiger partial charge in [-0.2, -0.15) is 0 Å². The Morgan fingerprint density at radius 2 is 1.68 bits per heavy atom. The lowest BCUT2D eigenvalue weighted by atomic mass is 9.95. The van der Waals surface area contributed by atoms with E-state index in [1.807, 2.05) is 52.1 Å². The second-order valence-electron chi connectivity index (χ2n) is 17.9. The van der Waals surface area contributed by atoms with Crippen LogP contribution in [0.15, 0.2) is 71.9 Å². The number of amidine groups is 1. The third kappa shape index (κ3) is 10.0. The summed E-state index contributed by atoms with van der Waals surface area (Å²) >= 11 is 0. The van der Waals surface area contributed by atoms with Crippen LogP contribution in [-0.2, 0) is 22.6 Å². The molecule has 2 aromatic heterocycles. The van der Waals surface area contributed by atoms with Gasteiger partial charge in [0.15, 0.2) is 0 Å². The Kier molecular flexibility index (Phi) is 12.5. The molecule has 0 spiro atoms. The SMILES string of the molecule is CCN(c1cc(-c2ccc(N3CCN(C(=O)OC(C)(C)C)CC3)nc2)cc(CN2CC(C)(C)N=C2c2c(C)cc(C)nc2OCc2ccccc2)c1C)C1CCOCC1. The van der Waals surface area contributed by atoms with E-state index in [0.717, 1.165) is 84.3 Å². The van der Waals surface area contributed by atoms with Gasteiger partial charge in [-0.15, -0.1) is 0 Å². The van der Waals surface area contributed by atoms with Gasteiger partial charge >= 0.3 is 6.09 Å². The van der Waals surface area contributed by atoms with E-state index in [9.17, 15) is 4.79 Å². The number of piperazine rings is 1. The third-order valence-electron chi connectivity index (χ3n) is 11.5. The first-order valence-electron chi connectivity index (χ1n) is 21.4.